The second-order valence-electron chi connectivity index (χ2n) is 7.88. The van der Waals surface area contributed by atoms with Crippen LogP contribution in [0.15, 0.2) is 71.9 Å². The number of hydrogen-bond donors (Lipinski definition) is 2. The molecule has 0 aliphatic heterocycles. The van der Waals surface area contributed by atoms with Gasteiger partial charge in [-0.1, -0.05) is 59.5 Å². The second-order valence-corrected chi connectivity index (χ2v) is 10.0. The first kappa shape index (κ1) is 24.5. The van der Waals surface area contributed by atoms with E-state index in [-0.39, 0.29) is 29.9 Å². The Bertz CT molecular complexity index is 1580. The van der Waals surface area contributed by atoms with Gasteiger partial charge in [0.1, 0.15) is 10.8 Å². The van der Waals surface area contributed by atoms with E-state index in [4.69, 9.17) is 0 Å². The van der Waals surface area contributed by atoms with Crippen molar-refractivity contribution in [3.63, 3.8) is 0 Å². The number of nitrogens with zero attached hydrogens (tertiary/aromatic N) is 5. The van der Waals surface area contributed by atoms with Crippen molar-refractivity contribution in [2.45, 2.75) is 18.6 Å². The first-order chi connectivity index (χ1) is 18.0. The van der Waals surface area contributed by atoms with Crippen LogP contribution in [0.3, 0.4) is 0 Å². The molecule has 0 unspecified atom stereocenters. The largest absolute Gasteiger partial charge is 0.345 e. The van der Waals surface area contributed by atoms with Gasteiger partial charge in [-0.25, -0.2) is 4.39 Å². The van der Waals surface area contributed by atoms with Crippen molar-refractivity contribution in [1.29, 1.82) is 0 Å². The molecule has 0 atom stereocenters. The topological polar surface area (TPSA) is 115 Å². The first-order valence-electron chi connectivity index (χ1n) is 11.2. The Labute approximate surface area is 219 Å². The predicted octanol–water partition coefficient (Wildman–Crippen LogP) is 4.38. The molecule has 12 heteroatoms. The number of halogens is 1. The van der Waals surface area contributed by atoms with Gasteiger partial charge in [-0.2, -0.15) is 0 Å². The lowest BCUT2D eigenvalue weighted by Gasteiger charge is -2.12. The Morgan fingerprint density at radius 1 is 0.973 bits per heavy atom. The third-order valence-electron chi connectivity index (χ3n) is 5.33. The van der Waals surface area contributed by atoms with E-state index in [0.717, 1.165) is 27.5 Å². The highest BCUT2D eigenvalue weighted by Gasteiger charge is 2.18. The van der Waals surface area contributed by atoms with E-state index in [9.17, 15) is 14.0 Å². The van der Waals surface area contributed by atoms with Gasteiger partial charge in [0, 0.05) is 11.3 Å². The average Bonchev–Trinajstić information content (AvgIpc) is 3.51. The summed E-state index contributed by atoms with van der Waals surface area (Å²) in [6.07, 6.45) is 0. The van der Waals surface area contributed by atoms with Crippen LogP contribution in [0.5, 0.6) is 0 Å². The molecule has 0 bridgehead atoms. The van der Waals surface area contributed by atoms with Crippen LogP contribution in [0.1, 0.15) is 21.2 Å². The van der Waals surface area contributed by atoms with E-state index in [1.165, 1.54) is 23.5 Å². The maximum absolute atomic E-state index is 13.6. The van der Waals surface area contributed by atoms with Gasteiger partial charge in [0.05, 0.1) is 12.3 Å². The van der Waals surface area contributed by atoms with Crippen LogP contribution < -0.4 is 10.6 Å². The van der Waals surface area contributed by atoms with E-state index in [2.05, 4.69) is 31.0 Å². The van der Waals surface area contributed by atoms with Crippen molar-refractivity contribution in [1.82, 2.24) is 30.3 Å². The summed E-state index contributed by atoms with van der Waals surface area (Å²) in [4.78, 5) is 25.5. The molecule has 0 saturated carbocycles. The molecule has 37 heavy (non-hydrogen) atoms. The minimum atomic E-state index is -0.386. The Morgan fingerprint density at radius 3 is 2.54 bits per heavy atom. The predicted molar refractivity (Wildman–Crippen MR) is 140 cm³/mol. The molecule has 3 aromatic carbocycles. The van der Waals surface area contributed by atoms with Crippen LogP contribution >= 0.6 is 23.1 Å². The van der Waals surface area contributed by atoms with Gasteiger partial charge in [0.15, 0.2) is 11.0 Å². The number of fused-ring (bicyclic) bond motifs is 1. The summed E-state index contributed by atoms with van der Waals surface area (Å²) in [5, 5.41) is 25.2. The number of amides is 2. The van der Waals surface area contributed by atoms with Crippen molar-refractivity contribution in [2.24, 2.45) is 0 Å². The van der Waals surface area contributed by atoms with Gasteiger partial charge in [0.25, 0.3) is 5.91 Å². The van der Waals surface area contributed by atoms with E-state index in [0.29, 0.717) is 27.4 Å². The molecule has 0 aliphatic rings. The highest BCUT2D eigenvalue weighted by Crippen LogP contribution is 2.24. The maximum atomic E-state index is 13.6. The fraction of sp³-hybridized carbons (Fsp3) is 0.120. The van der Waals surface area contributed by atoms with Crippen LogP contribution in [-0.2, 0) is 11.3 Å². The lowest BCUT2D eigenvalue weighted by molar-refractivity contribution is -0.113. The Hall–Kier alpha value is -4.16. The van der Waals surface area contributed by atoms with Crippen molar-refractivity contribution in [2.75, 3.05) is 11.1 Å². The number of rotatable bonds is 8. The molecule has 2 amide bonds. The van der Waals surface area contributed by atoms with E-state index >= 15 is 0 Å². The number of aromatic nitrogens is 5. The molecule has 2 heterocycles. The lowest BCUT2D eigenvalue weighted by atomic mass is 10.0. The highest BCUT2D eigenvalue weighted by atomic mass is 32.2. The van der Waals surface area contributed by atoms with Crippen LogP contribution in [0.25, 0.3) is 16.5 Å². The third kappa shape index (κ3) is 5.65. The molecule has 2 N–H and O–H groups in total. The number of aryl methyl sites for hydroxylation is 1. The summed E-state index contributed by atoms with van der Waals surface area (Å²) in [5.41, 5.74) is 1.15. The molecule has 2 aromatic heterocycles. The van der Waals surface area contributed by atoms with E-state index in [1.54, 1.807) is 29.7 Å². The zero-order chi connectivity index (χ0) is 25.8. The molecule has 0 saturated heterocycles. The minimum Gasteiger partial charge on any atom is -0.345 e. The molecular weight excluding hydrogens is 513 g/mol. The molecule has 0 fully saturated rings. The van der Waals surface area contributed by atoms with Crippen LogP contribution in [0.2, 0.25) is 0 Å². The zero-order valence-electron chi connectivity index (χ0n) is 19.5. The molecular formula is C25H20FN7O2S2. The number of benzene rings is 3. The highest BCUT2D eigenvalue weighted by molar-refractivity contribution is 7.99. The Kier molecular flexibility index (Phi) is 7.19. The van der Waals surface area contributed by atoms with Crippen LogP contribution in [0.4, 0.5) is 9.52 Å². The standard InChI is InChI=1S/C25H20FN7O2S2/c1-15-29-31-24(37-15)28-22(34)14-36-25-32-30-21(33(25)18-11-9-17(26)10-12-18)13-27-23(35)20-8-4-6-16-5-2-3-7-19(16)20/h2-12H,13-14H2,1H3,(H,27,35)(H,28,31,34). The molecule has 0 aliphatic carbocycles. The van der Waals surface area contributed by atoms with Crippen molar-refractivity contribution < 1.29 is 14.0 Å². The van der Waals surface area contributed by atoms with E-state index < -0.39 is 0 Å². The number of carbonyl (C=O) groups excluding carboxylic acids is 2. The minimum absolute atomic E-state index is 0.0420. The van der Waals surface area contributed by atoms with Gasteiger partial charge in [-0.15, -0.1) is 20.4 Å². The van der Waals surface area contributed by atoms with Crippen molar-refractivity contribution >= 4 is 50.8 Å². The normalized spacial score (nSPS) is 11.0. The number of thioether (sulfide) groups is 1. The summed E-state index contributed by atoms with van der Waals surface area (Å²) < 4.78 is 15.3. The van der Waals surface area contributed by atoms with Gasteiger partial charge in [-0.05, 0) is 48.0 Å². The molecule has 0 radical (unpaired) electrons. The summed E-state index contributed by atoms with van der Waals surface area (Å²) in [5.74, 6) is -0.446. The summed E-state index contributed by atoms with van der Waals surface area (Å²) in [6.45, 7) is 1.87. The van der Waals surface area contributed by atoms with Crippen LogP contribution in [-0.4, -0.2) is 42.5 Å². The number of nitrogens with one attached hydrogen (secondary N) is 2. The monoisotopic (exact) mass is 533 g/mol. The fourth-order valence-electron chi connectivity index (χ4n) is 3.67. The quantitative estimate of drug-likeness (QED) is 0.285. The fourth-order valence-corrected chi connectivity index (χ4v) is 5.05. The Morgan fingerprint density at radius 2 is 1.76 bits per heavy atom. The zero-order valence-corrected chi connectivity index (χ0v) is 21.1. The van der Waals surface area contributed by atoms with E-state index in [1.807, 2.05) is 36.4 Å². The molecule has 0 spiro atoms. The smallest absolute Gasteiger partial charge is 0.252 e. The maximum Gasteiger partial charge on any atom is 0.252 e. The van der Waals surface area contributed by atoms with Gasteiger partial charge in [0.2, 0.25) is 11.0 Å². The first-order valence-corrected chi connectivity index (χ1v) is 13.0. The van der Waals surface area contributed by atoms with Gasteiger partial charge >= 0.3 is 0 Å². The molecule has 9 nitrogen and oxygen atoms in total. The third-order valence-corrected chi connectivity index (χ3v) is 7.01. The van der Waals surface area contributed by atoms with Gasteiger partial charge in [-0.3, -0.25) is 19.5 Å². The average molecular weight is 534 g/mol. The van der Waals surface area contributed by atoms with Crippen LogP contribution in [0, 0.1) is 12.7 Å². The lowest BCUT2D eigenvalue weighted by Crippen LogP contribution is -2.25. The van der Waals surface area contributed by atoms with Crippen molar-refractivity contribution in [3.05, 3.63) is 88.9 Å². The number of carbonyl (C=O) groups is 2. The number of hydrogen-bond acceptors (Lipinski definition) is 8. The SMILES string of the molecule is Cc1nnc(NC(=O)CSc2nnc(CNC(=O)c3cccc4ccccc34)n2-c2ccc(F)cc2)s1. The van der Waals surface area contributed by atoms with Crippen molar-refractivity contribution in [3.8, 4) is 5.69 Å². The summed E-state index contributed by atoms with van der Waals surface area (Å²) in [6, 6.07) is 19.0. The molecule has 186 valence electrons. The second kappa shape index (κ2) is 10.8. The molecule has 5 aromatic rings. The number of anilines is 1. The summed E-state index contributed by atoms with van der Waals surface area (Å²) >= 11 is 2.44. The molecule has 5 rings (SSSR count). The Balaban J connectivity index is 1.35. The summed E-state index contributed by atoms with van der Waals surface area (Å²) in [7, 11) is 0. The van der Waals surface area contributed by atoms with Gasteiger partial charge < -0.3 is 5.32 Å².